The standard InChI is InChI=1S/C27H27/c1-3-5-18-27(4-2,25-16-14-21-10-6-8-12-23(21)19-25)26-17-15-22-11-7-9-13-24(22)20-26/h6-17,19-20H,1,3-5,18H2,2H3. The molecule has 0 amide bonds. The van der Waals surface area contributed by atoms with Crippen LogP contribution >= 0.6 is 0 Å². The van der Waals surface area contributed by atoms with Crippen LogP contribution in [-0.4, -0.2) is 0 Å². The van der Waals surface area contributed by atoms with E-state index in [9.17, 15) is 0 Å². The molecule has 0 nitrogen and oxygen atoms in total. The average Bonchev–Trinajstić information content (AvgIpc) is 2.74. The summed E-state index contributed by atoms with van der Waals surface area (Å²) < 4.78 is 0. The van der Waals surface area contributed by atoms with E-state index in [0.717, 1.165) is 25.7 Å². The normalized spacial score (nSPS) is 11.9. The summed E-state index contributed by atoms with van der Waals surface area (Å²) in [6.07, 6.45) is 4.32. The third kappa shape index (κ3) is 3.25. The Bertz CT molecular complexity index is 978. The number of hydrogen-bond donors (Lipinski definition) is 0. The van der Waals surface area contributed by atoms with Gasteiger partial charge in [0.05, 0.1) is 0 Å². The van der Waals surface area contributed by atoms with Gasteiger partial charge in [-0.2, -0.15) is 0 Å². The predicted molar refractivity (Wildman–Crippen MR) is 118 cm³/mol. The van der Waals surface area contributed by atoms with Crippen molar-refractivity contribution < 1.29 is 0 Å². The molecule has 0 atom stereocenters. The van der Waals surface area contributed by atoms with Crippen LogP contribution in [0.15, 0.2) is 84.9 Å². The van der Waals surface area contributed by atoms with Gasteiger partial charge in [0.2, 0.25) is 0 Å². The molecule has 0 N–H and O–H groups in total. The van der Waals surface area contributed by atoms with Gasteiger partial charge in [0.25, 0.3) is 0 Å². The summed E-state index contributed by atoms with van der Waals surface area (Å²) in [7, 11) is 0. The molecule has 4 aromatic rings. The molecule has 0 aliphatic rings. The van der Waals surface area contributed by atoms with E-state index in [1.807, 2.05) is 0 Å². The van der Waals surface area contributed by atoms with Crippen LogP contribution in [0.25, 0.3) is 21.5 Å². The first kappa shape index (κ1) is 17.8. The zero-order chi connectivity index (χ0) is 18.7. The minimum atomic E-state index is 0.0335. The minimum absolute atomic E-state index is 0.0335. The molecule has 0 aromatic heterocycles. The maximum atomic E-state index is 4.11. The molecule has 0 heterocycles. The van der Waals surface area contributed by atoms with Crippen LogP contribution in [0.4, 0.5) is 0 Å². The highest BCUT2D eigenvalue weighted by atomic mass is 14.3. The van der Waals surface area contributed by atoms with Crippen molar-refractivity contribution in [3.8, 4) is 0 Å². The first-order chi connectivity index (χ1) is 13.3. The Kier molecular flexibility index (Phi) is 4.99. The quantitative estimate of drug-likeness (QED) is 0.334. The maximum absolute atomic E-state index is 4.11. The number of hydrogen-bond acceptors (Lipinski definition) is 0. The molecule has 27 heavy (non-hydrogen) atoms. The average molecular weight is 352 g/mol. The van der Waals surface area contributed by atoms with Gasteiger partial charge in [-0.1, -0.05) is 112 Å². The molecule has 0 spiro atoms. The molecular weight excluding hydrogens is 324 g/mol. The fraction of sp³-hybridized carbons (Fsp3) is 0.222. The van der Waals surface area contributed by atoms with E-state index in [0.29, 0.717) is 0 Å². The van der Waals surface area contributed by atoms with Gasteiger partial charge < -0.3 is 0 Å². The van der Waals surface area contributed by atoms with Gasteiger partial charge in [0.1, 0.15) is 0 Å². The SMILES string of the molecule is [CH2]CCCC(CC)(c1ccc2ccccc2c1)c1ccc2ccccc2c1. The van der Waals surface area contributed by atoms with Crippen molar-refractivity contribution in [2.75, 3.05) is 0 Å². The van der Waals surface area contributed by atoms with Gasteiger partial charge in [-0.25, -0.2) is 0 Å². The lowest BCUT2D eigenvalue weighted by molar-refractivity contribution is 0.442. The van der Waals surface area contributed by atoms with Crippen molar-refractivity contribution in [2.45, 2.75) is 38.0 Å². The van der Waals surface area contributed by atoms with Gasteiger partial charge in [-0.05, 0) is 45.5 Å². The number of rotatable bonds is 6. The van der Waals surface area contributed by atoms with Crippen molar-refractivity contribution in [3.05, 3.63) is 103 Å². The van der Waals surface area contributed by atoms with Gasteiger partial charge >= 0.3 is 0 Å². The minimum Gasteiger partial charge on any atom is -0.0642 e. The summed E-state index contributed by atoms with van der Waals surface area (Å²) in [5.41, 5.74) is 2.88. The summed E-state index contributed by atoms with van der Waals surface area (Å²) in [6, 6.07) is 31.3. The Morgan fingerprint density at radius 3 is 1.59 bits per heavy atom. The largest absolute Gasteiger partial charge is 0.0642 e. The predicted octanol–water partition coefficient (Wildman–Crippen LogP) is 7.69. The number of fused-ring (bicyclic) bond motifs is 2. The molecule has 0 aliphatic carbocycles. The highest BCUT2D eigenvalue weighted by Crippen LogP contribution is 2.42. The third-order valence-corrected chi connectivity index (χ3v) is 6.06. The second kappa shape index (κ2) is 7.56. The van der Waals surface area contributed by atoms with Gasteiger partial charge in [0.15, 0.2) is 0 Å². The van der Waals surface area contributed by atoms with Crippen molar-refractivity contribution in [2.24, 2.45) is 0 Å². The maximum Gasteiger partial charge on any atom is 0.0200 e. The van der Waals surface area contributed by atoms with Crippen LogP contribution in [-0.2, 0) is 5.41 Å². The summed E-state index contributed by atoms with van der Waals surface area (Å²) >= 11 is 0. The van der Waals surface area contributed by atoms with E-state index in [4.69, 9.17) is 0 Å². The van der Waals surface area contributed by atoms with Crippen LogP contribution in [0.3, 0.4) is 0 Å². The number of unbranched alkanes of at least 4 members (excludes halogenated alkanes) is 1. The molecule has 0 saturated heterocycles. The highest BCUT2D eigenvalue weighted by molar-refractivity contribution is 5.85. The second-order valence-corrected chi connectivity index (χ2v) is 7.52. The zero-order valence-corrected chi connectivity index (χ0v) is 16.1. The molecule has 4 aromatic carbocycles. The lowest BCUT2D eigenvalue weighted by Crippen LogP contribution is -2.27. The fourth-order valence-corrected chi connectivity index (χ4v) is 4.44. The van der Waals surface area contributed by atoms with E-state index >= 15 is 0 Å². The molecule has 0 fully saturated rings. The third-order valence-electron chi connectivity index (χ3n) is 6.06. The molecule has 0 heteroatoms. The van der Waals surface area contributed by atoms with E-state index in [1.165, 1.54) is 32.7 Å². The second-order valence-electron chi connectivity index (χ2n) is 7.52. The number of benzene rings is 4. The van der Waals surface area contributed by atoms with Crippen LogP contribution in [0.5, 0.6) is 0 Å². The van der Waals surface area contributed by atoms with Gasteiger partial charge in [-0.15, -0.1) is 0 Å². The zero-order valence-electron chi connectivity index (χ0n) is 16.1. The molecule has 0 saturated carbocycles. The van der Waals surface area contributed by atoms with E-state index < -0.39 is 0 Å². The van der Waals surface area contributed by atoms with E-state index in [-0.39, 0.29) is 5.41 Å². The smallest absolute Gasteiger partial charge is 0.0200 e. The van der Waals surface area contributed by atoms with Crippen LogP contribution < -0.4 is 0 Å². The Hall–Kier alpha value is -2.60. The first-order valence-corrected chi connectivity index (χ1v) is 10.0. The lowest BCUT2D eigenvalue weighted by Gasteiger charge is -2.35. The molecule has 0 aliphatic heterocycles. The van der Waals surface area contributed by atoms with Crippen molar-refractivity contribution >= 4 is 21.5 Å². The fourth-order valence-electron chi connectivity index (χ4n) is 4.44. The Morgan fingerprint density at radius 1 is 0.667 bits per heavy atom. The Morgan fingerprint density at radius 2 is 1.15 bits per heavy atom. The van der Waals surface area contributed by atoms with Crippen molar-refractivity contribution in [1.82, 2.24) is 0 Å². The molecule has 0 bridgehead atoms. The molecule has 0 unspecified atom stereocenters. The van der Waals surface area contributed by atoms with E-state index in [2.05, 4.69) is 98.8 Å². The summed E-state index contributed by atoms with van der Waals surface area (Å²) in [4.78, 5) is 0. The van der Waals surface area contributed by atoms with Gasteiger partial charge in [-0.3, -0.25) is 0 Å². The van der Waals surface area contributed by atoms with Crippen LogP contribution in [0, 0.1) is 6.92 Å². The van der Waals surface area contributed by atoms with Crippen LogP contribution in [0.2, 0.25) is 0 Å². The Balaban J connectivity index is 1.91. The topological polar surface area (TPSA) is 0 Å². The molecule has 1 radical (unpaired) electrons. The lowest BCUT2D eigenvalue weighted by atomic mass is 9.68. The van der Waals surface area contributed by atoms with Crippen molar-refractivity contribution in [1.29, 1.82) is 0 Å². The molecule has 4 rings (SSSR count). The first-order valence-electron chi connectivity index (χ1n) is 10.0. The monoisotopic (exact) mass is 351 g/mol. The van der Waals surface area contributed by atoms with Crippen molar-refractivity contribution in [3.63, 3.8) is 0 Å². The van der Waals surface area contributed by atoms with Crippen LogP contribution in [0.1, 0.15) is 43.7 Å². The summed E-state index contributed by atoms with van der Waals surface area (Å²) in [6.45, 7) is 6.44. The van der Waals surface area contributed by atoms with E-state index in [1.54, 1.807) is 0 Å². The molecular formula is C27H27. The van der Waals surface area contributed by atoms with Gasteiger partial charge in [0, 0.05) is 5.41 Å². The Labute approximate surface area is 162 Å². The highest BCUT2D eigenvalue weighted by Gasteiger charge is 2.32. The molecule has 135 valence electrons. The summed E-state index contributed by atoms with van der Waals surface area (Å²) in [5, 5.41) is 5.26. The summed E-state index contributed by atoms with van der Waals surface area (Å²) in [5.74, 6) is 0.